The molecule has 1 fully saturated rings. The number of carbonyl (C=O) groups excluding carboxylic acids is 3. The van der Waals surface area contributed by atoms with Crippen LogP contribution < -0.4 is 10.6 Å². The van der Waals surface area contributed by atoms with E-state index in [-0.39, 0.29) is 18.0 Å². The number of urea groups is 1. The summed E-state index contributed by atoms with van der Waals surface area (Å²) in [5, 5.41) is 15.1. The van der Waals surface area contributed by atoms with E-state index in [1.807, 2.05) is 12.1 Å². The quantitative estimate of drug-likeness (QED) is 0.572. The summed E-state index contributed by atoms with van der Waals surface area (Å²) >= 11 is 0. The van der Waals surface area contributed by atoms with Crippen LogP contribution in [-0.4, -0.2) is 63.5 Å². The van der Waals surface area contributed by atoms with E-state index in [1.54, 1.807) is 29.3 Å². The fourth-order valence-electron chi connectivity index (χ4n) is 5.63. The highest BCUT2D eigenvalue weighted by molar-refractivity contribution is 5.99. The van der Waals surface area contributed by atoms with Crippen molar-refractivity contribution in [2.45, 2.75) is 57.0 Å². The van der Waals surface area contributed by atoms with E-state index >= 15 is 0 Å². The zero-order valence-corrected chi connectivity index (χ0v) is 20.8. The smallest absolute Gasteiger partial charge is 0.414 e. The molecule has 10 heteroatoms. The Balaban J connectivity index is 1.34. The largest absolute Gasteiger partial charge is 0.465 e. The van der Waals surface area contributed by atoms with E-state index in [2.05, 4.69) is 15.6 Å². The fraction of sp³-hybridized carbons (Fsp3) is 0.444. The molecule has 2 heterocycles. The van der Waals surface area contributed by atoms with Crippen molar-refractivity contribution in [2.24, 2.45) is 5.92 Å². The van der Waals surface area contributed by atoms with Crippen molar-refractivity contribution < 1.29 is 24.3 Å². The summed E-state index contributed by atoms with van der Waals surface area (Å²) in [4.78, 5) is 57.8. The van der Waals surface area contributed by atoms with Gasteiger partial charge in [-0.2, -0.15) is 0 Å². The number of anilines is 1. The highest BCUT2D eigenvalue weighted by Crippen LogP contribution is 2.40. The fourth-order valence-corrected chi connectivity index (χ4v) is 5.63. The van der Waals surface area contributed by atoms with E-state index in [1.165, 1.54) is 7.05 Å². The van der Waals surface area contributed by atoms with Gasteiger partial charge < -0.3 is 20.6 Å². The Labute approximate surface area is 215 Å². The molecule has 0 unspecified atom stereocenters. The van der Waals surface area contributed by atoms with Crippen LogP contribution in [0.1, 0.15) is 54.0 Å². The van der Waals surface area contributed by atoms with Gasteiger partial charge in [-0.15, -0.1) is 0 Å². The van der Waals surface area contributed by atoms with E-state index < -0.39 is 24.5 Å². The van der Waals surface area contributed by atoms with Gasteiger partial charge in [-0.3, -0.25) is 14.6 Å². The first-order chi connectivity index (χ1) is 17.9. The molecule has 0 radical (unpaired) electrons. The minimum absolute atomic E-state index is 0.0193. The Bertz CT molecular complexity index is 1240. The molecular formula is C27H31N5O5. The molecule has 10 nitrogen and oxygen atoms in total. The third kappa shape index (κ3) is 5.14. The van der Waals surface area contributed by atoms with Crippen LogP contribution in [0, 0.1) is 5.92 Å². The lowest BCUT2D eigenvalue weighted by Gasteiger charge is -2.32. The first kappa shape index (κ1) is 24.7. The highest BCUT2D eigenvalue weighted by Gasteiger charge is 2.41. The maximum absolute atomic E-state index is 13.6. The molecule has 2 aliphatic carbocycles. The van der Waals surface area contributed by atoms with Gasteiger partial charge in [0.1, 0.15) is 6.54 Å². The summed E-state index contributed by atoms with van der Waals surface area (Å²) < 4.78 is 0. The van der Waals surface area contributed by atoms with Crippen LogP contribution in [0.5, 0.6) is 0 Å². The maximum Gasteiger partial charge on any atom is 0.414 e. The Hall–Kier alpha value is -3.95. The van der Waals surface area contributed by atoms with Gasteiger partial charge in [-0.25, -0.2) is 14.5 Å². The van der Waals surface area contributed by atoms with E-state index in [0.29, 0.717) is 35.9 Å². The third-order valence-electron chi connectivity index (χ3n) is 7.68. The average Bonchev–Trinajstić information content (AvgIpc) is 3.67. The minimum Gasteiger partial charge on any atom is -0.465 e. The van der Waals surface area contributed by atoms with Crippen LogP contribution in [-0.2, 0) is 29.0 Å². The number of carboxylic acid groups (broad SMARTS) is 1. The summed E-state index contributed by atoms with van der Waals surface area (Å²) in [6, 6.07) is 8.72. The molecule has 2 atom stereocenters. The zero-order valence-electron chi connectivity index (χ0n) is 20.8. The number of hydrogen-bond acceptors (Lipinski definition) is 5. The summed E-state index contributed by atoms with van der Waals surface area (Å²) in [6.45, 7) is -0.132. The van der Waals surface area contributed by atoms with Gasteiger partial charge in [0, 0.05) is 37.2 Å². The minimum atomic E-state index is -1.43. The second-order valence-corrected chi connectivity index (χ2v) is 9.99. The van der Waals surface area contributed by atoms with Gasteiger partial charge in [0.2, 0.25) is 11.8 Å². The van der Waals surface area contributed by atoms with Crippen molar-refractivity contribution in [3.63, 3.8) is 0 Å². The predicted octanol–water partition coefficient (Wildman–Crippen LogP) is 3.12. The number of fused-ring (bicyclic) bond motifs is 2. The molecule has 2 aromatic rings. The predicted molar refractivity (Wildman–Crippen MR) is 135 cm³/mol. The summed E-state index contributed by atoms with van der Waals surface area (Å²) in [5.41, 5.74) is 4.16. The summed E-state index contributed by atoms with van der Waals surface area (Å²) in [5.74, 6) is -1.19. The molecule has 1 aliphatic heterocycles. The Morgan fingerprint density at radius 3 is 2.62 bits per heavy atom. The van der Waals surface area contributed by atoms with Crippen LogP contribution in [0.15, 0.2) is 36.5 Å². The lowest BCUT2D eigenvalue weighted by molar-refractivity contribution is -0.141. The number of nitrogens with one attached hydrogen (secondary N) is 2. The van der Waals surface area contributed by atoms with Crippen LogP contribution >= 0.6 is 0 Å². The topological polar surface area (TPSA) is 132 Å². The SMILES string of the molecule is CNC(=O)Nc1ccc2c(c1)CC[C@@H]2C(=O)N(CC(=O)N1Cc2cccnc2CC[C@@H]1C1CC1)C(=O)O. The standard InChI is InChI=1S/C27H31N5O5/c1-28-26(35)30-19-7-9-20-17(13-19)6-8-21(20)25(34)32(27(36)37)15-24(33)31-14-18-3-2-12-29-22(18)10-11-23(31)16-4-5-16/h2-3,7,9,12-13,16,21,23H,4-6,8,10-11,14-15H2,1H3,(H,36,37)(H2,28,30,35)/t21-,23+/m0/s1. The number of pyridine rings is 1. The molecule has 194 valence electrons. The lowest BCUT2D eigenvalue weighted by atomic mass is 9.99. The number of rotatable bonds is 5. The van der Waals surface area contributed by atoms with E-state index in [9.17, 15) is 24.3 Å². The normalized spacial score (nSPS) is 20.3. The van der Waals surface area contributed by atoms with Gasteiger partial charge in [-0.1, -0.05) is 12.1 Å². The van der Waals surface area contributed by atoms with Crippen LogP contribution in [0.25, 0.3) is 0 Å². The number of hydrogen-bond donors (Lipinski definition) is 3. The number of amides is 5. The van der Waals surface area contributed by atoms with Crippen molar-refractivity contribution >= 4 is 29.6 Å². The van der Waals surface area contributed by atoms with Gasteiger partial charge in [-0.05, 0) is 79.3 Å². The molecule has 1 saturated carbocycles. The second kappa shape index (κ2) is 10.2. The molecule has 1 aromatic heterocycles. The van der Waals surface area contributed by atoms with Crippen molar-refractivity contribution in [3.05, 3.63) is 58.9 Å². The maximum atomic E-state index is 13.6. The number of carbonyl (C=O) groups is 4. The van der Waals surface area contributed by atoms with E-state index in [4.69, 9.17) is 0 Å². The Kier molecular flexibility index (Phi) is 6.82. The molecule has 3 aliphatic rings. The molecule has 5 amide bonds. The first-order valence-electron chi connectivity index (χ1n) is 12.7. The van der Waals surface area contributed by atoms with E-state index in [0.717, 1.165) is 48.1 Å². The van der Waals surface area contributed by atoms with Crippen LogP contribution in [0.3, 0.4) is 0 Å². The van der Waals surface area contributed by atoms with Crippen LogP contribution in [0.2, 0.25) is 0 Å². The highest BCUT2D eigenvalue weighted by atomic mass is 16.4. The summed E-state index contributed by atoms with van der Waals surface area (Å²) in [7, 11) is 1.52. The van der Waals surface area contributed by atoms with Gasteiger partial charge >= 0.3 is 12.1 Å². The molecule has 1 aromatic carbocycles. The molecule has 37 heavy (non-hydrogen) atoms. The molecular weight excluding hydrogens is 474 g/mol. The first-order valence-corrected chi connectivity index (χ1v) is 12.7. The number of aryl methyl sites for hydroxylation is 2. The van der Waals surface area contributed by atoms with Crippen molar-refractivity contribution in [1.29, 1.82) is 0 Å². The molecule has 0 saturated heterocycles. The Morgan fingerprint density at radius 2 is 1.89 bits per heavy atom. The zero-order chi connectivity index (χ0) is 26.1. The van der Waals surface area contributed by atoms with Crippen molar-refractivity contribution in [1.82, 2.24) is 20.1 Å². The number of aromatic nitrogens is 1. The monoisotopic (exact) mass is 505 g/mol. The van der Waals surface area contributed by atoms with Gasteiger partial charge in [0.15, 0.2) is 0 Å². The van der Waals surface area contributed by atoms with Gasteiger partial charge in [0.25, 0.3) is 0 Å². The molecule has 5 rings (SSSR count). The van der Waals surface area contributed by atoms with Crippen molar-refractivity contribution in [2.75, 3.05) is 18.9 Å². The van der Waals surface area contributed by atoms with Crippen LogP contribution in [0.4, 0.5) is 15.3 Å². The number of nitrogens with zero attached hydrogens (tertiary/aromatic N) is 3. The lowest BCUT2D eigenvalue weighted by Crippen LogP contribution is -2.49. The molecule has 0 spiro atoms. The number of benzene rings is 1. The summed E-state index contributed by atoms with van der Waals surface area (Å²) in [6.07, 6.45) is 5.01. The van der Waals surface area contributed by atoms with Gasteiger partial charge in [0.05, 0.1) is 5.92 Å². The third-order valence-corrected chi connectivity index (χ3v) is 7.68. The molecule has 0 bridgehead atoms. The Morgan fingerprint density at radius 1 is 1.08 bits per heavy atom. The number of imide groups is 1. The molecule has 3 N–H and O–H groups in total. The second-order valence-electron chi connectivity index (χ2n) is 9.99. The average molecular weight is 506 g/mol. The van der Waals surface area contributed by atoms with Crippen molar-refractivity contribution in [3.8, 4) is 0 Å².